The Hall–Kier alpha value is -0.690. The third kappa shape index (κ3) is 3.38. The van der Waals surface area contributed by atoms with E-state index in [9.17, 15) is 0 Å². The van der Waals surface area contributed by atoms with E-state index in [4.69, 9.17) is 5.84 Å². The third-order valence-electron chi connectivity index (χ3n) is 3.34. The fourth-order valence-electron chi connectivity index (χ4n) is 2.26. The summed E-state index contributed by atoms with van der Waals surface area (Å²) in [5.41, 5.74) is 2.59. The first-order valence-electron chi connectivity index (χ1n) is 5.99. The van der Waals surface area contributed by atoms with Gasteiger partial charge in [0.1, 0.15) is 0 Å². The largest absolute Gasteiger partial charge is 0.306 e. The molecule has 0 radical (unpaired) electrons. The molecule has 1 aliphatic rings. The summed E-state index contributed by atoms with van der Waals surface area (Å²) < 4.78 is 0. The van der Waals surface area contributed by atoms with Crippen molar-refractivity contribution < 1.29 is 0 Å². The van der Waals surface area contributed by atoms with E-state index in [1.807, 2.05) is 6.20 Å². The highest BCUT2D eigenvalue weighted by molar-refractivity contribution is 7.15. The number of anilines is 1. The maximum absolute atomic E-state index is 5.33. The lowest BCUT2D eigenvalue weighted by Crippen LogP contribution is -2.41. The van der Waals surface area contributed by atoms with Crippen molar-refractivity contribution in [3.05, 3.63) is 11.1 Å². The zero-order valence-corrected chi connectivity index (χ0v) is 11.3. The quantitative estimate of drug-likeness (QED) is 0.620. The lowest BCUT2D eigenvalue weighted by molar-refractivity contribution is 0.141. The smallest absolute Gasteiger partial charge is 0.197 e. The van der Waals surface area contributed by atoms with E-state index in [0.29, 0.717) is 0 Å². The molecule has 1 fully saturated rings. The van der Waals surface area contributed by atoms with Crippen molar-refractivity contribution >= 4 is 16.5 Å². The summed E-state index contributed by atoms with van der Waals surface area (Å²) in [6.45, 7) is 3.35. The number of rotatable bonds is 4. The zero-order valence-electron chi connectivity index (χ0n) is 10.5. The normalized spacial score (nSPS) is 18.8. The van der Waals surface area contributed by atoms with Crippen molar-refractivity contribution in [2.45, 2.75) is 25.4 Å². The summed E-state index contributed by atoms with van der Waals surface area (Å²) in [6, 6.07) is 0.744. The monoisotopic (exact) mass is 255 g/mol. The van der Waals surface area contributed by atoms with Crippen LogP contribution in [0.1, 0.15) is 17.7 Å². The molecule has 1 aromatic rings. The second-order valence-corrected chi connectivity index (χ2v) is 5.86. The van der Waals surface area contributed by atoms with Gasteiger partial charge in [-0.2, -0.15) is 0 Å². The summed E-state index contributed by atoms with van der Waals surface area (Å²) in [5, 5.41) is 0.795. The van der Waals surface area contributed by atoms with Gasteiger partial charge in [-0.25, -0.2) is 10.8 Å². The second kappa shape index (κ2) is 5.77. The van der Waals surface area contributed by atoms with Crippen molar-refractivity contribution in [2.75, 3.05) is 32.6 Å². The third-order valence-corrected chi connectivity index (χ3v) is 4.26. The molecule has 0 bridgehead atoms. The first-order valence-corrected chi connectivity index (χ1v) is 6.81. The van der Waals surface area contributed by atoms with Crippen LogP contribution in [0.4, 0.5) is 5.13 Å². The number of nitrogen functional groups attached to an aromatic ring is 1. The number of nitrogens with one attached hydrogen (secondary N) is 1. The molecule has 0 amide bonds. The topological polar surface area (TPSA) is 57.4 Å². The molecule has 0 aromatic carbocycles. The van der Waals surface area contributed by atoms with Crippen LogP contribution in [0.3, 0.4) is 0 Å². The van der Waals surface area contributed by atoms with E-state index in [2.05, 4.69) is 34.3 Å². The number of piperidine rings is 1. The van der Waals surface area contributed by atoms with Crippen LogP contribution in [-0.2, 0) is 6.54 Å². The summed E-state index contributed by atoms with van der Waals surface area (Å²) in [7, 11) is 4.34. The molecule has 6 heteroatoms. The van der Waals surface area contributed by atoms with Gasteiger partial charge in [-0.15, -0.1) is 0 Å². The Balaban J connectivity index is 1.81. The molecule has 0 spiro atoms. The molecule has 5 nitrogen and oxygen atoms in total. The predicted octanol–water partition coefficient (Wildman–Crippen LogP) is 0.955. The van der Waals surface area contributed by atoms with E-state index in [0.717, 1.165) is 17.7 Å². The maximum Gasteiger partial charge on any atom is 0.197 e. The fourth-order valence-corrected chi connectivity index (χ4v) is 3.03. The molecule has 1 saturated heterocycles. The Labute approximate surface area is 107 Å². The number of likely N-dealkylation sites (tertiary alicyclic amines) is 1. The fraction of sp³-hybridized carbons (Fsp3) is 0.727. The van der Waals surface area contributed by atoms with E-state index >= 15 is 0 Å². The lowest BCUT2D eigenvalue weighted by atomic mass is 10.0. The van der Waals surface area contributed by atoms with Crippen LogP contribution in [0.25, 0.3) is 0 Å². The van der Waals surface area contributed by atoms with Crippen LogP contribution in [-0.4, -0.2) is 48.0 Å². The summed E-state index contributed by atoms with van der Waals surface area (Å²) in [5.74, 6) is 5.33. The van der Waals surface area contributed by atoms with Gasteiger partial charge in [0.15, 0.2) is 5.13 Å². The molecular formula is C11H21N5S. The van der Waals surface area contributed by atoms with Crippen molar-refractivity contribution in [3.8, 4) is 0 Å². The van der Waals surface area contributed by atoms with Crippen LogP contribution in [0, 0.1) is 0 Å². The van der Waals surface area contributed by atoms with Gasteiger partial charge in [-0.3, -0.25) is 10.3 Å². The van der Waals surface area contributed by atoms with Gasteiger partial charge in [0.05, 0.1) is 0 Å². The molecule has 2 heterocycles. The molecule has 0 saturated carbocycles. The molecule has 1 aromatic heterocycles. The summed E-state index contributed by atoms with van der Waals surface area (Å²) in [4.78, 5) is 10.3. The number of hydrogen-bond acceptors (Lipinski definition) is 6. The number of thiazole rings is 1. The lowest BCUT2D eigenvalue weighted by Gasteiger charge is -2.34. The summed E-state index contributed by atoms with van der Waals surface area (Å²) in [6.07, 6.45) is 4.43. The minimum Gasteiger partial charge on any atom is -0.306 e. The van der Waals surface area contributed by atoms with E-state index in [1.54, 1.807) is 11.3 Å². The van der Waals surface area contributed by atoms with Gasteiger partial charge in [0.2, 0.25) is 0 Å². The SMILES string of the molecule is CN(C)C1CCN(Cc2cnc(NN)s2)CC1. The van der Waals surface area contributed by atoms with Crippen LogP contribution < -0.4 is 11.3 Å². The molecule has 3 N–H and O–H groups in total. The predicted molar refractivity (Wildman–Crippen MR) is 71.9 cm³/mol. The van der Waals surface area contributed by atoms with Gasteiger partial charge in [-0.1, -0.05) is 11.3 Å². The van der Waals surface area contributed by atoms with Gasteiger partial charge < -0.3 is 4.90 Å². The van der Waals surface area contributed by atoms with Crippen LogP contribution in [0.15, 0.2) is 6.20 Å². The molecule has 0 atom stereocenters. The molecular weight excluding hydrogens is 234 g/mol. The summed E-state index contributed by atoms with van der Waals surface area (Å²) >= 11 is 1.63. The molecule has 0 aliphatic carbocycles. The number of nitrogens with two attached hydrogens (primary N) is 1. The number of hydrogen-bond donors (Lipinski definition) is 2. The highest BCUT2D eigenvalue weighted by Crippen LogP contribution is 2.21. The van der Waals surface area contributed by atoms with Crippen LogP contribution >= 0.6 is 11.3 Å². The number of aromatic nitrogens is 1. The Morgan fingerprint density at radius 1 is 1.53 bits per heavy atom. The van der Waals surface area contributed by atoms with Gasteiger partial charge in [0.25, 0.3) is 0 Å². The van der Waals surface area contributed by atoms with Crippen molar-refractivity contribution in [1.29, 1.82) is 0 Å². The average Bonchev–Trinajstić information content (AvgIpc) is 2.77. The van der Waals surface area contributed by atoms with Crippen molar-refractivity contribution in [1.82, 2.24) is 14.8 Å². The molecule has 2 rings (SSSR count). The maximum atomic E-state index is 5.33. The Morgan fingerprint density at radius 3 is 2.76 bits per heavy atom. The van der Waals surface area contributed by atoms with Crippen molar-refractivity contribution in [2.24, 2.45) is 5.84 Å². The minimum absolute atomic E-state index is 0.744. The number of nitrogens with zero attached hydrogens (tertiary/aromatic N) is 3. The minimum atomic E-state index is 0.744. The molecule has 0 unspecified atom stereocenters. The van der Waals surface area contributed by atoms with Crippen LogP contribution in [0.2, 0.25) is 0 Å². The molecule has 17 heavy (non-hydrogen) atoms. The van der Waals surface area contributed by atoms with Gasteiger partial charge in [0, 0.05) is 36.8 Å². The van der Waals surface area contributed by atoms with E-state index in [1.165, 1.54) is 30.8 Å². The second-order valence-electron chi connectivity index (χ2n) is 4.75. The molecule has 96 valence electrons. The zero-order chi connectivity index (χ0) is 12.3. The Bertz CT molecular complexity index is 343. The Kier molecular flexibility index (Phi) is 4.33. The Morgan fingerprint density at radius 2 is 2.24 bits per heavy atom. The van der Waals surface area contributed by atoms with Crippen molar-refractivity contribution in [3.63, 3.8) is 0 Å². The number of hydrazine groups is 1. The van der Waals surface area contributed by atoms with E-state index in [-0.39, 0.29) is 0 Å². The average molecular weight is 255 g/mol. The van der Waals surface area contributed by atoms with E-state index < -0.39 is 0 Å². The molecule has 1 aliphatic heterocycles. The first-order chi connectivity index (χ1) is 8.19. The van der Waals surface area contributed by atoms with Crippen LogP contribution in [0.5, 0.6) is 0 Å². The van der Waals surface area contributed by atoms with Gasteiger partial charge in [-0.05, 0) is 26.9 Å². The van der Waals surface area contributed by atoms with Gasteiger partial charge >= 0.3 is 0 Å². The highest BCUT2D eigenvalue weighted by Gasteiger charge is 2.20. The first kappa shape index (κ1) is 12.8. The standard InChI is InChI=1S/C11H21N5S/c1-15(2)9-3-5-16(6-4-9)8-10-7-13-11(14-12)17-10/h7,9H,3-6,8,12H2,1-2H3,(H,13,14). The highest BCUT2D eigenvalue weighted by atomic mass is 32.1.